The van der Waals surface area contributed by atoms with Crippen LogP contribution < -0.4 is 5.73 Å². The number of ether oxygens (including phenoxy) is 1. The van der Waals surface area contributed by atoms with Crippen molar-refractivity contribution in [2.75, 3.05) is 5.73 Å². The van der Waals surface area contributed by atoms with Crippen molar-refractivity contribution in [1.29, 1.82) is 0 Å². The van der Waals surface area contributed by atoms with Crippen molar-refractivity contribution in [1.82, 2.24) is 4.98 Å². The molecule has 0 amide bonds. The van der Waals surface area contributed by atoms with E-state index in [2.05, 4.69) is 4.98 Å². The first kappa shape index (κ1) is 9.51. The number of carbonyl (C=O) groups excluding carboxylic acids is 1. The first-order valence-electron chi connectivity index (χ1n) is 4.01. The molecule has 0 spiro atoms. The van der Waals surface area contributed by atoms with Crippen LogP contribution >= 0.6 is 0 Å². The molecule has 0 aliphatic rings. The number of anilines is 1. The van der Waals surface area contributed by atoms with E-state index in [1.165, 1.54) is 12.4 Å². The van der Waals surface area contributed by atoms with Gasteiger partial charge in [-0.2, -0.15) is 0 Å². The second-order valence-electron chi connectivity index (χ2n) is 2.92. The average Bonchev–Trinajstić information content (AvgIpc) is 2.03. The Balaban J connectivity index is 2.83. The number of hydrogen-bond acceptors (Lipinski definition) is 4. The fraction of sp³-hybridized carbons (Fsp3) is 0.333. The van der Waals surface area contributed by atoms with Gasteiger partial charge in [0.2, 0.25) is 0 Å². The lowest BCUT2D eigenvalue weighted by Crippen LogP contribution is -2.13. The smallest absolute Gasteiger partial charge is 0.340 e. The standard InChI is InChI=1S/C9H12N2O2/c1-6(2)13-9(12)7-3-4-11-5-8(7)10/h3-6H,10H2,1-2H3. The third-order valence-corrected chi connectivity index (χ3v) is 1.41. The van der Waals surface area contributed by atoms with E-state index < -0.39 is 5.97 Å². The van der Waals surface area contributed by atoms with Gasteiger partial charge < -0.3 is 10.5 Å². The molecular formula is C9H12N2O2. The summed E-state index contributed by atoms with van der Waals surface area (Å²) in [5.74, 6) is -0.407. The van der Waals surface area contributed by atoms with Crippen molar-refractivity contribution < 1.29 is 9.53 Å². The molecule has 0 saturated carbocycles. The summed E-state index contributed by atoms with van der Waals surface area (Å²) in [6, 6.07) is 1.54. The molecule has 4 heteroatoms. The Bertz CT molecular complexity index is 310. The minimum absolute atomic E-state index is 0.139. The van der Waals surface area contributed by atoms with Crippen molar-refractivity contribution >= 4 is 11.7 Å². The highest BCUT2D eigenvalue weighted by Crippen LogP contribution is 2.10. The highest BCUT2D eigenvalue weighted by molar-refractivity contribution is 5.94. The number of pyridine rings is 1. The monoisotopic (exact) mass is 180 g/mol. The molecule has 0 fully saturated rings. The highest BCUT2D eigenvalue weighted by atomic mass is 16.5. The van der Waals surface area contributed by atoms with Crippen LogP contribution in [0.3, 0.4) is 0 Å². The topological polar surface area (TPSA) is 65.2 Å². The third kappa shape index (κ3) is 2.43. The quantitative estimate of drug-likeness (QED) is 0.695. The molecule has 13 heavy (non-hydrogen) atoms. The number of nitrogens with zero attached hydrogens (tertiary/aromatic N) is 1. The summed E-state index contributed by atoms with van der Waals surface area (Å²) >= 11 is 0. The molecule has 0 atom stereocenters. The van der Waals surface area contributed by atoms with Crippen LogP contribution in [-0.2, 0) is 4.74 Å². The fourth-order valence-electron chi connectivity index (χ4n) is 0.870. The van der Waals surface area contributed by atoms with Gasteiger partial charge in [-0.3, -0.25) is 4.98 Å². The van der Waals surface area contributed by atoms with E-state index in [4.69, 9.17) is 10.5 Å². The zero-order chi connectivity index (χ0) is 9.84. The van der Waals surface area contributed by atoms with E-state index in [0.717, 1.165) is 0 Å². The Hall–Kier alpha value is -1.58. The van der Waals surface area contributed by atoms with Crippen LogP contribution in [0.15, 0.2) is 18.5 Å². The number of rotatable bonds is 2. The second kappa shape index (κ2) is 3.89. The lowest BCUT2D eigenvalue weighted by atomic mass is 10.2. The minimum atomic E-state index is -0.407. The van der Waals surface area contributed by atoms with E-state index in [1.54, 1.807) is 19.9 Å². The van der Waals surface area contributed by atoms with Gasteiger partial charge in [-0.1, -0.05) is 0 Å². The van der Waals surface area contributed by atoms with Gasteiger partial charge >= 0.3 is 5.97 Å². The summed E-state index contributed by atoms with van der Waals surface area (Å²) in [6.07, 6.45) is 2.80. The summed E-state index contributed by atoms with van der Waals surface area (Å²) in [6.45, 7) is 3.57. The Morgan fingerprint density at radius 3 is 2.85 bits per heavy atom. The number of hydrogen-bond donors (Lipinski definition) is 1. The molecule has 0 unspecified atom stereocenters. The van der Waals surface area contributed by atoms with Crippen LogP contribution in [0.1, 0.15) is 24.2 Å². The van der Waals surface area contributed by atoms with Crippen LogP contribution in [0.2, 0.25) is 0 Å². The summed E-state index contributed by atoms with van der Waals surface area (Å²) in [5.41, 5.74) is 6.24. The molecule has 0 bridgehead atoms. The van der Waals surface area contributed by atoms with Crippen LogP contribution in [0.25, 0.3) is 0 Å². The molecule has 70 valence electrons. The number of nitrogen functional groups attached to an aromatic ring is 1. The first-order chi connectivity index (χ1) is 6.11. The number of nitrogens with two attached hydrogens (primary N) is 1. The van der Waals surface area contributed by atoms with Crippen LogP contribution in [-0.4, -0.2) is 17.1 Å². The molecule has 1 heterocycles. The summed E-state index contributed by atoms with van der Waals surface area (Å²) < 4.78 is 4.97. The van der Waals surface area contributed by atoms with E-state index in [9.17, 15) is 4.79 Å². The normalized spacial score (nSPS) is 10.1. The van der Waals surface area contributed by atoms with Gasteiger partial charge in [-0.05, 0) is 19.9 Å². The predicted octanol–water partition coefficient (Wildman–Crippen LogP) is 1.23. The second-order valence-corrected chi connectivity index (χ2v) is 2.92. The molecule has 0 aliphatic carbocycles. The van der Waals surface area contributed by atoms with Crippen LogP contribution in [0.5, 0.6) is 0 Å². The molecule has 0 aliphatic heterocycles. The molecule has 1 aromatic heterocycles. The first-order valence-corrected chi connectivity index (χ1v) is 4.01. The van der Waals surface area contributed by atoms with E-state index in [-0.39, 0.29) is 6.10 Å². The molecule has 2 N–H and O–H groups in total. The van der Waals surface area contributed by atoms with Gasteiger partial charge in [-0.15, -0.1) is 0 Å². The minimum Gasteiger partial charge on any atom is -0.459 e. The van der Waals surface area contributed by atoms with Gasteiger partial charge in [0, 0.05) is 6.20 Å². The molecule has 0 saturated heterocycles. The zero-order valence-electron chi connectivity index (χ0n) is 7.65. The molecule has 0 aromatic carbocycles. The highest BCUT2D eigenvalue weighted by Gasteiger charge is 2.11. The van der Waals surface area contributed by atoms with E-state index in [1.807, 2.05) is 0 Å². The summed E-state index contributed by atoms with van der Waals surface area (Å²) in [4.78, 5) is 15.1. The molecule has 1 aromatic rings. The molecule has 0 radical (unpaired) electrons. The summed E-state index contributed by atoms with van der Waals surface area (Å²) in [7, 11) is 0. The lowest BCUT2D eigenvalue weighted by Gasteiger charge is -2.08. The summed E-state index contributed by atoms with van der Waals surface area (Å²) in [5, 5.41) is 0. The van der Waals surface area contributed by atoms with Gasteiger partial charge in [-0.25, -0.2) is 4.79 Å². The molecule has 4 nitrogen and oxygen atoms in total. The Morgan fingerprint density at radius 1 is 1.62 bits per heavy atom. The number of esters is 1. The zero-order valence-corrected chi connectivity index (χ0v) is 7.65. The van der Waals surface area contributed by atoms with Crippen molar-refractivity contribution in [2.45, 2.75) is 20.0 Å². The molecular weight excluding hydrogens is 168 g/mol. The van der Waals surface area contributed by atoms with Crippen molar-refractivity contribution in [3.8, 4) is 0 Å². The maximum atomic E-state index is 11.3. The Kier molecular flexibility index (Phi) is 2.84. The lowest BCUT2D eigenvalue weighted by molar-refractivity contribution is 0.0379. The van der Waals surface area contributed by atoms with E-state index >= 15 is 0 Å². The SMILES string of the molecule is CC(C)OC(=O)c1ccncc1N. The average molecular weight is 180 g/mol. The third-order valence-electron chi connectivity index (χ3n) is 1.41. The van der Waals surface area contributed by atoms with Crippen molar-refractivity contribution in [2.24, 2.45) is 0 Å². The van der Waals surface area contributed by atoms with Gasteiger partial charge in [0.05, 0.1) is 23.6 Å². The van der Waals surface area contributed by atoms with Crippen molar-refractivity contribution in [3.05, 3.63) is 24.0 Å². The Morgan fingerprint density at radius 2 is 2.31 bits per heavy atom. The van der Waals surface area contributed by atoms with Gasteiger partial charge in [0.1, 0.15) is 0 Å². The maximum Gasteiger partial charge on any atom is 0.340 e. The van der Waals surface area contributed by atoms with Crippen LogP contribution in [0, 0.1) is 0 Å². The molecule has 1 rings (SSSR count). The van der Waals surface area contributed by atoms with Crippen molar-refractivity contribution in [3.63, 3.8) is 0 Å². The van der Waals surface area contributed by atoms with Gasteiger partial charge in [0.15, 0.2) is 0 Å². The maximum absolute atomic E-state index is 11.3. The van der Waals surface area contributed by atoms with Crippen LogP contribution in [0.4, 0.5) is 5.69 Å². The van der Waals surface area contributed by atoms with E-state index in [0.29, 0.717) is 11.3 Å². The largest absolute Gasteiger partial charge is 0.459 e. The fourth-order valence-corrected chi connectivity index (χ4v) is 0.870. The number of aromatic nitrogens is 1. The predicted molar refractivity (Wildman–Crippen MR) is 49.2 cm³/mol. The van der Waals surface area contributed by atoms with Gasteiger partial charge in [0.25, 0.3) is 0 Å². The Labute approximate surface area is 76.7 Å². The number of carbonyl (C=O) groups is 1.